The van der Waals surface area contributed by atoms with Crippen LogP contribution >= 0.6 is 11.8 Å². The smallest absolute Gasteiger partial charge is 0.142 e. The van der Waals surface area contributed by atoms with Crippen LogP contribution in [0.3, 0.4) is 0 Å². The number of hydrogen-bond donors (Lipinski definition) is 1. The van der Waals surface area contributed by atoms with E-state index in [1.54, 1.807) is 0 Å². The molecular formula is C13H12N4S. The summed E-state index contributed by atoms with van der Waals surface area (Å²) in [7, 11) is 0. The lowest BCUT2D eigenvalue weighted by atomic mass is 10.1. The summed E-state index contributed by atoms with van der Waals surface area (Å²) in [4.78, 5) is 0.984. The van der Waals surface area contributed by atoms with Crippen LogP contribution in [0, 0.1) is 25.2 Å². The van der Waals surface area contributed by atoms with E-state index in [4.69, 9.17) is 5.73 Å². The summed E-state index contributed by atoms with van der Waals surface area (Å²) >= 11 is 1.42. The van der Waals surface area contributed by atoms with Gasteiger partial charge in [-0.1, -0.05) is 11.8 Å². The fourth-order valence-electron chi connectivity index (χ4n) is 1.44. The van der Waals surface area contributed by atoms with Crippen LogP contribution in [0.2, 0.25) is 0 Å². The molecule has 4 nitrogen and oxygen atoms in total. The van der Waals surface area contributed by atoms with Gasteiger partial charge in [-0.3, -0.25) is 0 Å². The zero-order valence-corrected chi connectivity index (χ0v) is 11.0. The maximum atomic E-state index is 9.19. The van der Waals surface area contributed by atoms with Crippen molar-refractivity contribution in [2.24, 2.45) is 0 Å². The Morgan fingerprint density at radius 1 is 1.17 bits per heavy atom. The van der Waals surface area contributed by atoms with Crippen molar-refractivity contribution < 1.29 is 0 Å². The molecule has 0 bridgehead atoms. The molecule has 1 aromatic heterocycles. The average molecular weight is 256 g/mol. The number of benzene rings is 1. The third kappa shape index (κ3) is 2.44. The van der Waals surface area contributed by atoms with E-state index in [-0.39, 0.29) is 0 Å². The first kappa shape index (κ1) is 12.4. The Balaban J connectivity index is 2.38. The molecule has 0 fully saturated rings. The summed E-state index contributed by atoms with van der Waals surface area (Å²) in [5, 5.41) is 18.0. The molecule has 0 unspecified atom stereocenters. The fraction of sp³-hybridized carbons (Fsp3) is 0.154. The predicted octanol–water partition coefficient (Wildman–Crippen LogP) is 2.70. The quantitative estimate of drug-likeness (QED) is 0.836. The van der Waals surface area contributed by atoms with Gasteiger partial charge in [0.25, 0.3) is 0 Å². The molecule has 0 amide bonds. The minimum absolute atomic E-state index is 0.587. The summed E-state index contributed by atoms with van der Waals surface area (Å²) < 4.78 is 0. The number of aryl methyl sites for hydroxylation is 1. The summed E-state index contributed by atoms with van der Waals surface area (Å²) in [5.41, 5.74) is 8.60. The molecule has 0 aliphatic carbocycles. The van der Waals surface area contributed by atoms with Crippen LogP contribution in [0.25, 0.3) is 0 Å². The maximum Gasteiger partial charge on any atom is 0.142 e. The molecule has 18 heavy (non-hydrogen) atoms. The van der Waals surface area contributed by atoms with Crippen LogP contribution in [-0.4, -0.2) is 10.2 Å². The molecule has 5 heteroatoms. The normalized spacial score (nSPS) is 10.1. The fourth-order valence-corrected chi connectivity index (χ4v) is 2.32. The van der Waals surface area contributed by atoms with Gasteiger partial charge in [-0.2, -0.15) is 10.4 Å². The number of hydrogen-bond acceptors (Lipinski definition) is 5. The first-order chi connectivity index (χ1) is 8.61. The Labute approximate surface area is 110 Å². The van der Waals surface area contributed by atoms with Gasteiger partial charge in [0.1, 0.15) is 11.1 Å². The molecule has 2 rings (SSSR count). The van der Waals surface area contributed by atoms with Gasteiger partial charge in [0, 0.05) is 10.6 Å². The highest BCUT2D eigenvalue weighted by atomic mass is 32.2. The first-order valence-corrected chi connectivity index (χ1v) is 6.21. The standard InChI is InChI=1S/C13H12N4S/c1-8-9(2)16-17-13(12(8)7-14)18-11-5-3-10(15)4-6-11/h3-6H,15H2,1-2H3. The SMILES string of the molecule is Cc1nnc(Sc2ccc(N)cc2)c(C#N)c1C. The van der Waals surface area contributed by atoms with Crippen LogP contribution in [0.4, 0.5) is 5.69 Å². The number of nitrogen functional groups attached to an aromatic ring is 1. The van der Waals surface area contributed by atoms with Crippen molar-refractivity contribution >= 4 is 17.4 Å². The van der Waals surface area contributed by atoms with E-state index in [2.05, 4.69) is 16.3 Å². The molecule has 1 heterocycles. The van der Waals surface area contributed by atoms with Crippen molar-refractivity contribution in [2.45, 2.75) is 23.8 Å². The predicted molar refractivity (Wildman–Crippen MR) is 71.2 cm³/mol. The van der Waals surface area contributed by atoms with Gasteiger partial charge in [-0.05, 0) is 43.7 Å². The minimum Gasteiger partial charge on any atom is -0.399 e. The Bertz CT molecular complexity index is 614. The topological polar surface area (TPSA) is 75.6 Å². The summed E-state index contributed by atoms with van der Waals surface area (Å²) in [5.74, 6) is 0. The molecule has 0 spiro atoms. The Hall–Kier alpha value is -2.06. The summed E-state index contributed by atoms with van der Waals surface area (Å²) in [6, 6.07) is 9.63. The molecule has 0 aliphatic rings. The third-order valence-electron chi connectivity index (χ3n) is 2.63. The molecule has 0 aliphatic heterocycles. The molecule has 0 atom stereocenters. The highest BCUT2D eigenvalue weighted by Gasteiger charge is 2.11. The van der Waals surface area contributed by atoms with Crippen molar-refractivity contribution in [1.29, 1.82) is 5.26 Å². The van der Waals surface area contributed by atoms with E-state index in [0.29, 0.717) is 16.3 Å². The molecular weight excluding hydrogens is 244 g/mol. The Kier molecular flexibility index (Phi) is 3.49. The number of nitrogens with two attached hydrogens (primary N) is 1. The minimum atomic E-state index is 0.587. The van der Waals surface area contributed by atoms with Crippen LogP contribution in [0.1, 0.15) is 16.8 Å². The van der Waals surface area contributed by atoms with E-state index in [1.165, 1.54) is 11.8 Å². The van der Waals surface area contributed by atoms with E-state index >= 15 is 0 Å². The highest BCUT2D eigenvalue weighted by molar-refractivity contribution is 7.99. The molecule has 1 aromatic carbocycles. The lowest BCUT2D eigenvalue weighted by molar-refractivity contribution is 0.871. The Morgan fingerprint density at radius 2 is 1.83 bits per heavy atom. The Morgan fingerprint density at radius 3 is 2.44 bits per heavy atom. The van der Waals surface area contributed by atoms with Crippen LogP contribution in [-0.2, 0) is 0 Å². The molecule has 2 aromatic rings. The van der Waals surface area contributed by atoms with Crippen molar-refractivity contribution in [3.63, 3.8) is 0 Å². The largest absolute Gasteiger partial charge is 0.399 e. The van der Waals surface area contributed by atoms with Crippen molar-refractivity contribution in [2.75, 3.05) is 5.73 Å². The number of aromatic nitrogens is 2. The molecule has 90 valence electrons. The zero-order chi connectivity index (χ0) is 13.1. The number of rotatable bonds is 2. The van der Waals surface area contributed by atoms with Crippen LogP contribution in [0.15, 0.2) is 34.2 Å². The molecule has 0 saturated carbocycles. The number of nitrogens with zero attached hydrogens (tertiary/aromatic N) is 3. The van der Waals surface area contributed by atoms with Crippen LogP contribution < -0.4 is 5.73 Å². The summed E-state index contributed by atoms with van der Waals surface area (Å²) in [6.07, 6.45) is 0. The second kappa shape index (κ2) is 5.07. The maximum absolute atomic E-state index is 9.19. The lowest BCUT2D eigenvalue weighted by Gasteiger charge is -2.06. The van der Waals surface area contributed by atoms with Gasteiger partial charge in [-0.25, -0.2) is 0 Å². The van der Waals surface area contributed by atoms with E-state index in [9.17, 15) is 5.26 Å². The van der Waals surface area contributed by atoms with Gasteiger partial charge < -0.3 is 5.73 Å². The lowest BCUT2D eigenvalue weighted by Crippen LogP contribution is -1.98. The molecule has 2 N–H and O–H groups in total. The van der Waals surface area contributed by atoms with Crippen molar-refractivity contribution in [3.8, 4) is 6.07 Å². The monoisotopic (exact) mass is 256 g/mol. The van der Waals surface area contributed by atoms with E-state index in [0.717, 1.165) is 16.2 Å². The van der Waals surface area contributed by atoms with Crippen molar-refractivity contribution in [3.05, 3.63) is 41.1 Å². The second-order valence-corrected chi connectivity index (χ2v) is 4.94. The van der Waals surface area contributed by atoms with Crippen molar-refractivity contribution in [1.82, 2.24) is 10.2 Å². The zero-order valence-electron chi connectivity index (χ0n) is 10.1. The average Bonchev–Trinajstić information content (AvgIpc) is 2.37. The highest BCUT2D eigenvalue weighted by Crippen LogP contribution is 2.30. The van der Waals surface area contributed by atoms with Gasteiger partial charge >= 0.3 is 0 Å². The first-order valence-electron chi connectivity index (χ1n) is 5.39. The van der Waals surface area contributed by atoms with Gasteiger partial charge in [0.2, 0.25) is 0 Å². The van der Waals surface area contributed by atoms with Gasteiger partial charge in [0.05, 0.1) is 11.3 Å². The molecule has 0 radical (unpaired) electrons. The van der Waals surface area contributed by atoms with E-state index in [1.807, 2.05) is 38.1 Å². The molecule has 0 saturated heterocycles. The van der Waals surface area contributed by atoms with Crippen LogP contribution in [0.5, 0.6) is 0 Å². The number of nitriles is 1. The third-order valence-corrected chi connectivity index (χ3v) is 3.62. The number of anilines is 1. The second-order valence-electron chi connectivity index (χ2n) is 3.87. The van der Waals surface area contributed by atoms with Gasteiger partial charge in [-0.15, -0.1) is 5.10 Å². The van der Waals surface area contributed by atoms with Gasteiger partial charge in [0.15, 0.2) is 0 Å². The summed E-state index contributed by atoms with van der Waals surface area (Å²) in [6.45, 7) is 3.73. The van der Waals surface area contributed by atoms with E-state index < -0.39 is 0 Å².